The Labute approximate surface area is 287 Å². The fourth-order valence-corrected chi connectivity index (χ4v) is 5.80. The van der Waals surface area contributed by atoms with E-state index in [-0.39, 0.29) is 23.8 Å². The molecular formula is C30H52Cl3N5O4S2. The van der Waals surface area contributed by atoms with Crippen molar-refractivity contribution >= 4 is 70.2 Å². The molecule has 1 aromatic heterocycles. The van der Waals surface area contributed by atoms with Crippen LogP contribution in [0.3, 0.4) is 0 Å². The van der Waals surface area contributed by atoms with Gasteiger partial charge < -0.3 is 25.9 Å². The molecule has 1 aliphatic heterocycles. The van der Waals surface area contributed by atoms with Gasteiger partial charge >= 0.3 is 0 Å². The van der Waals surface area contributed by atoms with Crippen LogP contribution in [0.2, 0.25) is 14.4 Å². The number of ether oxygens (including phenoxy) is 1. The second-order valence-electron chi connectivity index (χ2n) is 10.3. The van der Waals surface area contributed by atoms with Gasteiger partial charge in [0.1, 0.15) is 0 Å². The lowest BCUT2D eigenvalue weighted by Gasteiger charge is -2.12. The molecule has 8 N–H and O–H groups in total. The van der Waals surface area contributed by atoms with Crippen molar-refractivity contribution in [3.63, 3.8) is 0 Å². The molecule has 2 aromatic rings. The molecule has 1 aliphatic rings. The summed E-state index contributed by atoms with van der Waals surface area (Å²) in [6.45, 7) is 8.96. The number of benzene rings is 1. The summed E-state index contributed by atoms with van der Waals surface area (Å²) in [6.07, 6.45) is 6.90. The predicted molar refractivity (Wildman–Crippen MR) is 190 cm³/mol. The van der Waals surface area contributed by atoms with Crippen molar-refractivity contribution in [2.75, 3.05) is 40.9 Å². The van der Waals surface area contributed by atoms with Crippen LogP contribution in [0.25, 0.3) is 0 Å². The second kappa shape index (κ2) is 28.4. The Bertz CT molecular complexity index is 1030. The molecule has 44 heavy (non-hydrogen) atoms. The number of rotatable bonds is 11. The first-order valence-corrected chi connectivity index (χ1v) is 17.1. The first-order chi connectivity index (χ1) is 20.8. The van der Waals surface area contributed by atoms with Gasteiger partial charge in [-0.3, -0.25) is 14.7 Å². The predicted octanol–water partition coefficient (Wildman–Crippen LogP) is 6.64. The Morgan fingerprint density at radius 2 is 1.70 bits per heavy atom. The normalized spacial score (nSPS) is 13.6. The molecule has 2 atom stereocenters. The van der Waals surface area contributed by atoms with E-state index in [1.165, 1.54) is 37.3 Å². The van der Waals surface area contributed by atoms with E-state index in [2.05, 4.69) is 21.5 Å². The monoisotopic (exact) mass is 715 g/mol. The van der Waals surface area contributed by atoms with Crippen LogP contribution in [-0.4, -0.2) is 70.0 Å². The molecule has 0 spiro atoms. The molecule has 1 fully saturated rings. The van der Waals surface area contributed by atoms with Crippen molar-refractivity contribution in [3.05, 3.63) is 49.8 Å². The Morgan fingerprint density at radius 1 is 1.11 bits per heavy atom. The maximum atomic E-state index is 11.3. The van der Waals surface area contributed by atoms with Crippen molar-refractivity contribution in [3.8, 4) is 0 Å². The van der Waals surface area contributed by atoms with Gasteiger partial charge in [-0.15, -0.1) is 11.3 Å². The van der Waals surface area contributed by atoms with Gasteiger partial charge in [-0.25, -0.2) is 5.90 Å². The molecule has 9 nitrogen and oxygen atoms in total. The number of aldehydes is 1. The highest BCUT2D eigenvalue weighted by atomic mass is 35.5. The van der Waals surface area contributed by atoms with E-state index in [9.17, 15) is 9.59 Å². The number of carbonyl (C=O) groups is 2. The Hall–Kier alpha value is -0.800. The minimum atomic E-state index is -0.281. The summed E-state index contributed by atoms with van der Waals surface area (Å²) < 4.78 is 5.61. The van der Waals surface area contributed by atoms with E-state index in [1.807, 2.05) is 26.8 Å². The van der Waals surface area contributed by atoms with Gasteiger partial charge in [-0.2, -0.15) is 0 Å². The number of unbranched alkanes of at least 4 members (excludes halogenated alkanes) is 1. The lowest BCUT2D eigenvalue weighted by molar-refractivity contribution is -0.123. The number of nitrogens with zero attached hydrogens (tertiary/aromatic N) is 1. The fraction of sp³-hybridized carbons (Fsp3) is 0.600. The number of nitrogens with two attached hydrogens (primary N) is 4. The maximum Gasteiger partial charge on any atom is 0.152 e. The van der Waals surface area contributed by atoms with Crippen LogP contribution in [0.15, 0.2) is 28.5 Å². The Morgan fingerprint density at radius 3 is 2.09 bits per heavy atom. The van der Waals surface area contributed by atoms with Crippen LogP contribution in [0.4, 0.5) is 0 Å². The number of methoxy groups -OCH3 is 1. The van der Waals surface area contributed by atoms with Gasteiger partial charge in [0.15, 0.2) is 12.1 Å². The third kappa shape index (κ3) is 22.7. The number of ketones is 1. The molecule has 2 unspecified atom stereocenters. The number of halogens is 3. The van der Waals surface area contributed by atoms with Crippen molar-refractivity contribution in [1.29, 1.82) is 0 Å². The zero-order valence-electron chi connectivity index (χ0n) is 26.8. The van der Waals surface area contributed by atoms with Gasteiger partial charge in [-0.1, -0.05) is 61.1 Å². The first-order valence-electron chi connectivity index (χ1n) is 14.3. The zero-order chi connectivity index (χ0) is 34.1. The van der Waals surface area contributed by atoms with Crippen LogP contribution in [0.5, 0.6) is 0 Å². The highest BCUT2D eigenvalue weighted by Gasteiger charge is 2.15. The van der Waals surface area contributed by atoms with Crippen molar-refractivity contribution in [2.45, 2.75) is 75.7 Å². The number of hydrogen-bond donors (Lipinski definition) is 4. The van der Waals surface area contributed by atoms with E-state index < -0.39 is 0 Å². The van der Waals surface area contributed by atoms with Crippen LogP contribution in [-0.2, 0) is 20.8 Å². The van der Waals surface area contributed by atoms with Gasteiger partial charge in [0.05, 0.1) is 20.7 Å². The van der Waals surface area contributed by atoms with Crippen LogP contribution < -0.4 is 22.5 Å². The minimum Gasteiger partial charge on any atom is -0.388 e. The highest BCUT2D eigenvalue weighted by molar-refractivity contribution is 7.99. The molecule has 254 valence electrons. The van der Waals surface area contributed by atoms with Crippen molar-refractivity contribution < 1.29 is 19.2 Å². The van der Waals surface area contributed by atoms with E-state index in [0.717, 1.165) is 47.3 Å². The topological polar surface area (TPSA) is 160 Å². The third-order valence-corrected chi connectivity index (χ3v) is 8.57. The Kier molecular flexibility index (Phi) is 29.3. The molecule has 0 radical (unpaired) electrons. The highest BCUT2D eigenvalue weighted by Crippen LogP contribution is 2.31. The van der Waals surface area contributed by atoms with E-state index in [1.54, 1.807) is 32.4 Å². The lowest BCUT2D eigenvalue weighted by Crippen LogP contribution is -2.33. The number of thiophene rings is 1. The average molecular weight is 717 g/mol. The smallest absolute Gasteiger partial charge is 0.152 e. The number of hydrogen-bond acceptors (Lipinski definition) is 11. The van der Waals surface area contributed by atoms with Gasteiger partial charge in [0, 0.05) is 42.2 Å². The third-order valence-electron chi connectivity index (χ3n) is 5.92. The molecule has 0 bridgehead atoms. The molecular weight excluding hydrogens is 665 g/mol. The zero-order valence-corrected chi connectivity index (χ0v) is 30.7. The minimum absolute atomic E-state index is 0.0429. The fourth-order valence-electron chi connectivity index (χ4n) is 3.53. The summed E-state index contributed by atoms with van der Waals surface area (Å²) in [5, 5.41) is 6.53. The lowest BCUT2D eigenvalue weighted by atomic mass is 9.98. The maximum absolute atomic E-state index is 11.3. The summed E-state index contributed by atoms with van der Waals surface area (Å²) >= 11 is 19.7. The summed E-state index contributed by atoms with van der Waals surface area (Å²) in [4.78, 5) is 28.6. The molecule has 3 rings (SSSR count). The molecule has 0 saturated carbocycles. The number of likely N-dealkylation sites (tertiary alicyclic amines) is 1. The molecule has 0 amide bonds. The van der Waals surface area contributed by atoms with Crippen LogP contribution in [0, 0.1) is 5.92 Å². The quantitative estimate of drug-likeness (QED) is 0.0860. The second-order valence-corrected chi connectivity index (χ2v) is 13.7. The summed E-state index contributed by atoms with van der Waals surface area (Å²) in [5.74, 6) is 5.24. The summed E-state index contributed by atoms with van der Waals surface area (Å²) in [5.41, 5.74) is 12.6. The Balaban J connectivity index is 0. The molecule has 1 aromatic carbocycles. The van der Waals surface area contributed by atoms with Gasteiger partial charge in [0.2, 0.25) is 0 Å². The summed E-state index contributed by atoms with van der Waals surface area (Å²) in [7, 11) is 5.42. The SMILES string of the molecule is CC(C)C(=O)C(N)CCCCN.CC(Cc1ccc(Cl)cc1Cl)ON.CN1CCCC1.COC.NSc1sc(Cl)cc1C=O. The standard InChI is InChI=1S/C9H11Cl2NO.C9H20N2O.C5H4ClNOS2.C5H11N.C2H6O/c1-6(13-12)4-7-2-3-8(10)5-9(7)11;1-7(2)9(12)8(11)5-3-4-6-10;6-4-1-3(2-8)5(9-4)10-7;1-6-4-2-3-5-6;1-3-2/h2-3,5-6H,4,12H2,1H3;7-8H,3-6,10-11H2,1-2H3;1-2H,7H2;2-5H2,1H3;1-2H3. The van der Waals surface area contributed by atoms with Gasteiger partial charge in [-0.05, 0) is 95.0 Å². The van der Waals surface area contributed by atoms with Crippen molar-refractivity contribution in [2.24, 2.45) is 28.4 Å². The molecule has 2 heterocycles. The first kappa shape index (κ1) is 45.3. The van der Waals surface area contributed by atoms with Crippen molar-refractivity contribution in [1.82, 2.24) is 4.90 Å². The molecule has 0 aliphatic carbocycles. The van der Waals surface area contributed by atoms with E-state index in [0.29, 0.717) is 32.9 Å². The van der Waals surface area contributed by atoms with E-state index in [4.69, 9.17) is 57.3 Å². The van der Waals surface area contributed by atoms with Crippen LogP contribution in [0.1, 0.15) is 68.8 Å². The molecule has 1 saturated heterocycles. The number of carbonyl (C=O) groups excluding carboxylic acids is 2. The van der Waals surface area contributed by atoms with E-state index >= 15 is 0 Å². The summed E-state index contributed by atoms with van der Waals surface area (Å²) in [6, 6.07) is 6.71. The van der Waals surface area contributed by atoms with Gasteiger partial charge in [0.25, 0.3) is 0 Å². The van der Waals surface area contributed by atoms with Crippen LogP contribution >= 0.6 is 58.1 Å². The average Bonchev–Trinajstić information content (AvgIpc) is 3.63. The number of Topliss-reactive ketones (excluding diaryl/α,β-unsaturated/α-hetero) is 1. The largest absolute Gasteiger partial charge is 0.388 e. The molecule has 14 heteroatoms.